The van der Waals surface area contributed by atoms with Crippen LogP contribution in [0.1, 0.15) is 59.3 Å². The van der Waals surface area contributed by atoms with E-state index in [-0.39, 0.29) is 12.3 Å². The van der Waals surface area contributed by atoms with Crippen LogP contribution in [0.2, 0.25) is 0 Å². The van der Waals surface area contributed by atoms with Gasteiger partial charge in [0.15, 0.2) is 5.82 Å². The van der Waals surface area contributed by atoms with E-state index in [4.69, 9.17) is 4.52 Å². The summed E-state index contributed by atoms with van der Waals surface area (Å²) in [6, 6.07) is 0. The summed E-state index contributed by atoms with van der Waals surface area (Å²) in [5.41, 5.74) is 4.79. The van der Waals surface area contributed by atoms with Gasteiger partial charge in [-0.1, -0.05) is 12.1 Å². The number of carbonyl (C=O) groups is 1. The van der Waals surface area contributed by atoms with Gasteiger partial charge in [-0.05, 0) is 68.9 Å². The summed E-state index contributed by atoms with van der Waals surface area (Å²) in [5.74, 6) is 1.12. The Morgan fingerprint density at radius 3 is 2.03 bits per heavy atom. The molecule has 1 aromatic heterocycles. The van der Waals surface area contributed by atoms with Gasteiger partial charge in [0.25, 0.3) is 0 Å². The first kappa shape index (κ1) is 24.4. The van der Waals surface area contributed by atoms with E-state index < -0.39 is 10.0 Å². The monoisotopic (exact) mass is 462 g/mol. The molecule has 0 aliphatic carbocycles. The van der Waals surface area contributed by atoms with Gasteiger partial charge in [0.2, 0.25) is 21.8 Å². The highest BCUT2D eigenvalue weighted by Gasteiger charge is 2.33. The van der Waals surface area contributed by atoms with Crippen LogP contribution in [0.5, 0.6) is 0 Å². The van der Waals surface area contributed by atoms with Crippen molar-refractivity contribution in [2.45, 2.75) is 72.1 Å². The molecule has 32 heavy (non-hydrogen) atoms. The summed E-state index contributed by atoms with van der Waals surface area (Å²) in [4.78, 5) is 19.1. The molecule has 1 aromatic carbocycles. The fourth-order valence-corrected chi connectivity index (χ4v) is 6.23. The number of hydrogen-bond acceptors (Lipinski definition) is 6. The number of hydrogen-bond donors (Lipinski definition) is 0. The maximum atomic E-state index is 13.5. The van der Waals surface area contributed by atoms with Crippen LogP contribution in [-0.4, -0.2) is 59.8 Å². The fraction of sp³-hybridized carbons (Fsp3) is 0.609. The summed E-state index contributed by atoms with van der Waals surface area (Å²) < 4.78 is 33.7. The minimum atomic E-state index is -3.63. The van der Waals surface area contributed by atoms with Gasteiger partial charge in [-0.15, -0.1) is 0 Å². The van der Waals surface area contributed by atoms with Gasteiger partial charge in [0.1, 0.15) is 0 Å². The minimum absolute atomic E-state index is 0.0216. The number of benzene rings is 1. The smallest absolute Gasteiger partial charge is 0.243 e. The average Bonchev–Trinajstić information content (AvgIpc) is 3.22. The Labute approximate surface area is 191 Å². The molecule has 0 N–H and O–H groups in total. The molecular formula is C23H34N4O4S. The first-order valence-electron chi connectivity index (χ1n) is 11.2. The van der Waals surface area contributed by atoms with Crippen LogP contribution in [0.4, 0.5) is 0 Å². The number of sulfonamides is 1. The molecule has 1 saturated heterocycles. The van der Waals surface area contributed by atoms with Crippen molar-refractivity contribution in [2.24, 2.45) is 0 Å². The van der Waals surface area contributed by atoms with Gasteiger partial charge in [0, 0.05) is 45.4 Å². The summed E-state index contributed by atoms with van der Waals surface area (Å²) in [7, 11) is -3.63. The summed E-state index contributed by atoms with van der Waals surface area (Å²) >= 11 is 0. The highest BCUT2D eigenvalue weighted by atomic mass is 32.2. The average molecular weight is 463 g/mol. The number of rotatable bonds is 7. The highest BCUT2D eigenvalue weighted by Crippen LogP contribution is 2.32. The second kappa shape index (κ2) is 9.70. The summed E-state index contributed by atoms with van der Waals surface area (Å²) in [5, 5.41) is 3.91. The van der Waals surface area contributed by atoms with Gasteiger partial charge >= 0.3 is 0 Å². The molecule has 0 radical (unpaired) electrons. The first-order valence-corrected chi connectivity index (χ1v) is 12.7. The maximum absolute atomic E-state index is 13.5. The van der Waals surface area contributed by atoms with E-state index in [1.165, 1.54) is 4.31 Å². The molecule has 8 nitrogen and oxygen atoms in total. The van der Waals surface area contributed by atoms with Gasteiger partial charge < -0.3 is 9.42 Å². The number of nitrogens with zero attached hydrogens (tertiary/aromatic N) is 4. The molecule has 1 fully saturated rings. The van der Waals surface area contributed by atoms with Crippen molar-refractivity contribution in [1.29, 1.82) is 0 Å². The Morgan fingerprint density at radius 2 is 1.47 bits per heavy atom. The van der Waals surface area contributed by atoms with E-state index in [1.54, 1.807) is 4.90 Å². The van der Waals surface area contributed by atoms with E-state index in [0.717, 1.165) is 40.7 Å². The van der Waals surface area contributed by atoms with Crippen LogP contribution in [-0.2, 0) is 27.7 Å². The highest BCUT2D eigenvalue weighted by molar-refractivity contribution is 7.89. The minimum Gasteiger partial charge on any atom is -0.340 e. The van der Waals surface area contributed by atoms with Crippen LogP contribution in [0, 0.1) is 34.6 Å². The number of amides is 1. The summed E-state index contributed by atoms with van der Waals surface area (Å²) in [6.07, 6.45) is 2.36. The molecule has 0 spiro atoms. The van der Waals surface area contributed by atoms with Crippen molar-refractivity contribution in [3.8, 4) is 0 Å². The Morgan fingerprint density at radius 1 is 0.906 bits per heavy atom. The normalized spacial score (nSPS) is 15.4. The van der Waals surface area contributed by atoms with E-state index in [9.17, 15) is 13.2 Å². The van der Waals surface area contributed by atoms with Gasteiger partial charge in [-0.25, -0.2) is 8.42 Å². The summed E-state index contributed by atoms with van der Waals surface area (Å²) in [6.45, 7) is 13.1. The predicted octanol–water partition coefficient (Wildman–Crippen LogP) is 3.03. The number of carbonyl (C=O) groups excluding carboxylic acids is 1. The molecule has 2 aromatic rings. The quantitative estimate of drug-likeness (QED) is 0.627. The standard InChI is InChI=1S/C23H34N4O4S/c1-7-8-20-24-21(31-25-20)9-10-22(28)26-11-13-27(14-12-26)32(29,30)23-18(5)16(3)15(2)17(4)19(23)6/h7-14H2,1-6H3. The van der Waals surface area contributed by atoms with Crippen molar-refractivity contribution < 1.29 is 17.7 Å². The SMILES string of the molecule is CCCc1noc(CCC(=O)N2CCN(S(=O)(=O)c3c(C)c(C)c(C)c(C)c3C)CC2)n1. The lowest BCUT2D eigenvalue weighted by atomic mass is 9.95. The van der Waals surface area contributed by atoms with Crippen LogP contribution in [0.25, 0.3) is 0 Å². The number of aryl methyl sites for hydroxylation is 2. The molecule has 1 amide bonds. The molecule has 0 unspecified atom stereocenters. The largest absolute Gasteiger partial charge is 0.340 e. The molecule has 176 valence electrons. The third-order valence-corrected chi connectivity index (χ3v) is 8.83. The Kier molecular flexibility index (Phi) is 7.39. The lowest BCUT2D eigenvalue weighted by Gasteiger charge is -2.35. The van der Waals surface area contributed by atoms with Gasteiger partial charge in [-0.3, -0.25) is 4.79 Å². The van der Waals surface area contributed by atoms with Crippen LogP contribution >= 0.6 is 0 Å². The van der Waals surface area contributed by atoms with E-state index in [0.29, 0.717) is 49.2 Å². The van der Waals surface area contributed by atoms with E-state index >= 15 is 0 Å². The number of piperazine rings is 1. The molecule has 3 rings (SSSR count). The molecule has 2 heterocycles. The van der Waals surface area contributed by atoms with Gasteiger partial charge in [-0.2, -0.15) is 9.29 Å². The zero-order valence-corrected chi connectivity index (χ0v) is 20.8. The Balaban J connectivity index is 1.64. The zero-order chi connectivity index (χ0) is 23.6. The second-order valence-electron chi connectivity index (χ2n) is 8.59. The molecular weight excluding hydrogens is 428 g/mol. The molecule has 0 bridgehead atoms. The lowest BCUT2D eigenvalue weighted by Crippen LogP contribution is -2.50. The Bertz CT molecular complexity index is 1070. The Hall–Kier alpha value is -2.26. The predicted molar refractivity (Wildman–Crippen MR) is 122 cm³/mol. The van der Waals surface area contributed by atoms with E-state index in [2.05, 4.69) is 10.1 Å². The van der Waals surface area contributed by atoms with Crippen molar-refractivity contribution in [1.82, 2.24) is 19.3 Å². The van der Waals surface area contributed by atoms with Crippen molar-refractivity contribution in [3.63, 3.8) is 0 Å². The first-order chi connectivity index (χ1) is 15.1. The lowest BCUT2D eigenvalue weighted by molar-refractivity contribution is -0.132. The van der Waals surface area contributed by atoms with Crippen LogP contribution in [0.3, 0.4) is 0 Å². The zero-order valence-electron chi connectivity index (χ0n) is 20.0. The third-order valence-electron chi connectivity index (χ3n) is 6.66. The molecule has 9 heteroatoms. The van der Waals surface area contributed by atoms with Crippen molar-refractivity contribution in [3.05, 3.63) is 39.5 Å². The van der Waals surface area contributed by atoms with E-state index in [1.807, 2.05) is 41.5 Å². The second-order valence-corrected chi connectivity index (χ2v) is 10.5. The molecule has 0 atom stereocenters. The maximum Gasteiger partial charge on any atom is 0.243 e. The third kappa shape index (κ3) is 4.73. The number of aromatic nitrogens is 2. The topological polar surface area (TPSA) is 96.6 Å². The van der Waals surface area contributed by atoms with Gasteiger partial charge in [0.05, 0.1) is 4.90 Å². The van der Waals surface area contributed by atoms with Crippen molar-refractivity contribution in [2.75, 3.05) is 26.2 Å². The molecule has 1 aliphatic heterocycles. The molecule has 1 aliphatic rings. The van der Waals surface area contributed by atoms with Crippen LogP contribution in [0.15, 0.2) is 9.42 Å². The van der Waals surface area contributed by atoms with Crippen LogP contribution < -0.4 is 0 Å². The fourth-order valence-electron chi connectivity index (χ4n) is 4.25. The molecule has 0 saturated carbocycles. The van der Waals surface area contributed by atoms with Crippen molar-refractivity contribution >= 4 is 15.9 Å².